The summed E-state index contributed by atoms with van der Waals surface area (Å²) in [5, 5.41) is 0. The summed E-state index contributed by atoms with van der Waals surface area (Å²) in [6.07, 6.45) is 6.71. The molecule has 0 saturated heterocycles. The van der Waals surface area contributed by atoms with Crippen LogP contribution in [0.5, 0.6) is 5.75 Å². The summed E-state index contributed by atoms with van der Waals surface area (Å²) < 4.78 is 7.65. The van der Waals surface area contributed by atoms with Gasteiger partial charge < -0.3 is 15.0 Å². The van der Waals surface area contributed by atoms with E-state index in [9.17, 15) is 0 Å². The van der Waals surface area contributed by atoms with Gasteiger partial charge in [0.25, 0.3) is 0 Å². The lowest BCUT2D eigenvalue weighted by Crippen LogP contribution is -2.39. The smallest absolute Gasteiger partial charge is 0.121 e. The quantitative estimate of drug-likeness (QED) is 0.918. The molecule has 0 amide bonds. The summed E-state index contributed by atoms with van der Waals surface area (Å²) in [6.45, 7) is 3.20. The number of ether oxygens (including phenoxy) is 1. The first kappa shape index (κ1) is 14.4. The van der Waals surface area contributed by atoms with Gasteiger partial charge in [-0.3, -0.25) is 0 Å². The van der Waals surface area contributed by atoms with Crippen molar-refractivity contribution in [3.8, 4) is 5.75 Å². The maximum absolute atomic E-state index is 6.56. The topological polar surface area (TPSA) is 53.1 Å². The third-order valence-corrected chi connectivity index (χ3v) is 4.59. The number of benzene rings is 1. The van der Waals surface area contributed by atoms with Crippen molar-refractivity contribution in [1.82, 2.24) is 9.55 Å². The molecule has 4 nitrogen and oxygen atoms in total. The number of imidazole rings is 1. The minimum Gasteiger partial charge on any atom is -0.497 e. The van der Waals surface area contributed by atoms with E-state index in [-0.39, 0.29) is 5.54 Å². The summed E-state index contributed by atoms with van der Waals surface area (Å²) in [6, 6.07) is 6.13. The Morgan fingerprint density at radius 1 is 1.33 bits per heavy atom. The van der Waals surface area contributed by atoms with E-state index in [0.29, 0.717) is 0 Å². The van der Waals surface area contributed by atoms with Gasteiger partial charge in [0.2, 0.25) is 0 Å². The van der Waals surface area contributed by atoms with Gasteiger partial charge in [0.1, 0.15) is 11.6 Å². The molecule has 0 atom stereocenters. The molecular weight excluding hydrogens is 262 g/mol. The molecule has 4 heteroatoms. The lowest BCUT2D eigenvalue weighted by Gasteiger charge is -2.23. The first-order valence-electron chi connectivity index (χ1n) is 7.97. The van der Waals surface area contributed by atoms with Crippen LogP contribution in [-0.4, -0.2) is 22.2 Å². The van der Waals surface area contributed by atoms with Gasteiger partial charge in [0.15, 0.2) is 0 Å². The fraction of sp³-hybridized carbons (Fsp3) is 0.588. The predicted octanol–water partition coefficient (Wildman–Crippen LogP) is 3.27. The largest absolute Gasteiger partial charge is 0.497 e. The van der Waals surface area contributed by atoms with Crippen molar-refractivity contribution in [3.05, 3.63) is 24.0 Å². The van der Waals surface area contributed by atoms with Gasteiger partial charge in [0.05, 0.1) is 18.1 Å². The molecule has 1 aliphatic carbocycles. The Morgan fingerprint density at radius 3 is 2.76 bits per heavy atom. The van der Waals surface area contributed by atoms with Gasteiger partial charge in [0, 0.05) is 24.6 Å². The van der Waals surface area contributed by atoms with Gasteiger partial charge in [-0.2, -0.15) is 0 Å². The number of hydrogen-bond acceptors (Lipinski definition) is 3. The summed E-state index contributed by atoms with van der Waals surface area (Å²) in [4.78, 5) is 4.85. The average Bonchev–Trinajstić information content (AvgIpc) is 3.04. The Morgan fingerprint density at radius 2 is 2.10 bits per heavy atom. The third kappa shape index (κ3) is 2.77. The van der Waals surface area contributed by atoms with Gasteiger partial charge in [-0.25, -0.2) is 4.98 Å². The first-order chi connectivity index (χ1) is 10.1. The highest BCUT2D eigenvalue weighted by Crippen LogP contribution is 2.31. The van der Waals surface area contributed by atoms with Crippen molar-refractivity contribution >= 4 is 11.0 Å². The molecule has 2 N–H and O–H groups in total. The highest BCUT2D eigenvalue weighted by Gasteiger charge is 2.31. The van der Waals surface area contributed by atoms with Crippen LogP contribution in [-0.2, 0) is 13.0 Å². The third-order valence-electron chi connectivity index (χ3n) is 4.59. The van der Waals surface area contributed by atoms with E-state index in [2.05, 4.69) is 17.6 Å². The molecule has 1 aromatic carbocycles. The molecule has 0 bridgehead atoms. The number of nitrogens with two attached hydrogens (primary N) is 1. The summed E-state index contributed by atoms with van der Waals surface area (Å²) in [7, 11) is 1.69. The molecule has 0 unspecified atom stereocenters. The van der Waals surface area contributed by atoms with Crippen molar-refractivity contribution in [2.24, 2.45) is 5.73 Å². The fourth-order valence-corrected chi connectivity index (χ4v) is 3.47. The van der Waals surface area contributed by atoms with Crippen LogP contribution in [0.1, 0.15) is 44.9 Å². The first-order valence-corrected chi connectivity index (χ1v) is 7.97. The Balaban J connectivity index is 2.01. The molecular formula is C17H25N3O. The van der Waals surface area contributed by atoms with Crippen molar-refractivity contribution in [3.63, 3.8) is 0 Å². The van der Waals surface area contributed by atoms with Crippen LogP contribution in [0, 0.1) is 0 Å². The SMILES string of the molecule is CCCn1c(CC2(N)CCCC2)nc2cc(OC)ccc21. The highest BCUT2D eigenvalue weighted by atomic mass is 16.5. The van der Waals surface area contributed by atoms with Crippen molar-refractivity contribution < 1.29 is 4.74 Å². The van der Waals surface area contributed by atoms with Crippen LogP contribution < -0.4 is 10.5 Å². The number of methoxy groups -OCH3 is 1. The van der Waals surface area contributed by atoms with Gasteiger partial charge in [-0.1, -0.05) is 19.8 Å². The Hall–Kier alpha value is -1.55. The van der Waals surface area contributed by atoms with Crippen molar-refractivity contribution in [1.29, 1.82) is 0 Å². The number of aromatic nitrogens is 2. The van der Waals surface area contributed by atoms with E-state index in [0.717, 1.165) is 49.3 Å². The van der Waals surface area contributed by atoms with Crippen molar-refractivity contribution in [2.45, 2.75) is 57.5 Å². The minimum absolute atomic E-state index is 0.0586. The molecule has 2 aromatic rings. The van der Waals surface area contributed by atoms with E-state index < -0.39 is 0 Å². The molecule has 21 heavy (non-hydrogen) atoms. The standard InChI is InChI=1S/C17H25N3O/c1-3-10-20-15-7-6-13(21-2)11-14(15)19-16(20)12-17(18)8-4-5-9-17/h6-7,11H,3-5,8-10,12,18H2,1-2H3. The average molecular weight is 287 g/mol. The van der Waals surface area contributed by atoms with Crippen LogP contribution in [0.3, 0.4) is 0 Å². The molecule has 114 valence electrons. The Bertz CT molecular complexity index is 626. The van der Waals surface area contributed by atoms with Crippen LogP contribution in [0.2, 0.25) is 0 Å². The molecule has 0 aliphatic heterocycles. The molecule has 1 aliphatic rings. The normalized spacial score (nSPS) is 17.5. The molecule has 1 heterocycles. The maximum atomic E-state index is 6.56. The van der Waals surface area contributed by atoms with E-state index in [1.165, 1.54) is 18.4 Å². The monoisotopic (exact) mass is 287 g/mol. The van der Waals surface area contributed by atoms with E-state index in [4.69, 9.17) is 15.5 Å². The second-order valence-corrected chi connectivity index (χ2v) is 6.28. The minimum atomic E-state index is -0.0586. The number of rotatable bonds is 5. The maximum Gasteiger partial charge on any atom is 0.121 e. The molecule has 0 radical (unpaired) electrons. The molecule has 0 spiro atoms. The van der Waals surface area contributed by atoms with E-state index in [1.807, 2.05) is 12.1 Å². The zero-order chi connectivity index (χ0) is 14.9. The number of hydrogen-bond donors (Lipinski definition) is 1. The second-order valence-electron chi connectivity index (χ2n) is 6.28. The van der Waals surface area contributed by atoms with Gasteiger partial charge >= 0.3 is 0 Å². The zero-order valence-corrected chi connectivity index (χ0v) is 13.1. The zero-order valence-electron chi connectivity index (χ0n) is 13.1. The van der Waals surface area contributed by atoms with Gasteiger partial charge in [-0.15, -0.1) is 0 Å². The summed E-state index contributed by atoms with van der Waals surface area (Å²) in [5.74, 6) is 1.99. The molecule has 1 fully saturated rings. The van der Waals surface area contributed by atoms with E-state index >= 15 is 0 Å². The molecule has 1 saturated carbocycles. The van der Waals surface area contributed by atoms with Crippen molar-refractivity contribution in [2.75, 3.05) is 7.11 Å². The Labute approximate surface area is 126 Å². The van der Waals surface area contributed by atoms with Crippen LogP contribution in [0.25, 0.3) is 11.0 Å². The van der Waals surface area contributed by atoms with Gasteiger partial charge in [-0.05, 0) is 31.4 Å². The number of fused-ring (bicyclic) bond motifs is 1. The lowest BCUT2D eigenvalue weighted by molar-refractivity contribution is 0.415. The highest BCUT2D eigenvalue weighted by molar-refractivity contribution is 5.77. The second kappa shape index (κ2) is 5.68. The summed E-state index contributed by atoms with van der Waals surface area (Å²) in [5.41, 5.74) is 8.70. The Kier molecular flexibility index (Phi) is 3.89. The number of aryl methyl sites for hydroxylation is 1. The van der Waals surface area contributed by atoms with Crippen LogP contribution >= 0.6 is 0 Å². The fourth-order valence-electron chi connectivity index (χ4n) is 3.47. The number of nitrogens with zero attached hydrogens (tertiary/aromatic N) is 2. The lowest BCUT2D eigenvalue weighted by atomic mass is 9.94. The van der Waals surface area contributed by atoms with Crippen LogP contribution in [0.4, 0.5) is 0 Å². The van der Waals surface area contributed by atoms with E-state index in [1.54, 1.807) is 7.11 Å². The summed E-state index contributed by atoms with van der Waals surface area (Å²) >= 11 is 0. The molecule has 1 aromatic heterocycles. The predicted molar refractivity (Wildman–Crippen MR) is 85.7 cm³/mol. The molecule has 3 rings (SSSR count). The van der Waals surface area contributed by atoms with Crippen LogP contribution in [0.15, 0.2) is 18.2 Å².